The van der Waals surface area contributed by atoms with Gasteiger partial charge in [0.1, 0.15) is 5.75 Å². The number of hydrogen-bond donors (Lipinski definition) is 2. The summed E-state index contributed by atoms with van der Waals surface area (Å²) in [5.74, 6) is -0.439. The summed E-state index contributed by atoms with van der Waals surface area (Å²) in [5, 5.41) is 12.6. The van der Waals surface area contributed by atoms with Crippen molar-refractivity contribution in [2.45, 2.75) is 4.87 Å². The van der Waals surface area contributed by atoms with Gasteiger partial charge in [-0.05, 0) is 42.0 Å². The molecule has 3 aromatic rings. The Kier molecular flexibility index (Phi) is 4.64. The molecule has 1 fully saturated rings. The molecule has 152 valence electrons. The number of fused-ring (bicyclic) bond motifs is 2. The van der Waals surface area contributed by atoms with Crippen LogP contribution in [0.15, 0.2) is 95.9 Å². The lowest BCUT2D eigenvalue weighted by atomic mass is 10.0. The number of hydrogen-bond acceptors (Lipinski definition) is 4. The van der Waals surface area contributed by atoms with Crippen LogP contribution in [-0.4, -0.2) is 16.9 Å². The fourth-order valence-corrected chi connectivity index (χ4v) is 5.21. The second-order valence-electron chi connectivity index (χ2n) is 7.20. The molecule has 31 heavy (non-hydrogen) atoms. The van der Waals surface area contributed by atoms with Crippen LogP contribution in [0.5, 0.6) is 5.75 Å². The Balaban J connectivity index is 1.61. The van der Waals surface area contributed by atoms with E-state index in [2.05, 4.69) is 5.32 Å². The van der Waals surface area contributed by atoms with Crippen LogP contribution in [0.2, 0.25) is 0 Å². The van der Waals surface area contributed by atoms with Crippen molar-refractivity contribution in [3.05, 3.63) is 107 Å². The standard InChI is InChI=1S/C25H18N2O3S/c28-19-15-13-18(14-16-19)27-23(29)22(12-6-9-17-7-2-1-3-8-17)31-25(27)20-10-4-5-11-21(20)26-24(25)30/h1-16,28H,(H,26,30)/b9-6+,22-12-/t25-/m0/s1. The van der Waals surface area contributed by atoms with E-state index < -0.39 is 4.87 Å². The number of allylic oxidation sites excluding steroid dienone is 2. The van der Waals surface area contributed by atoms with Gasteiger partial charge in [0.15, 0.2) is 0 Å². The van der Waals surface area contributed by atoms with E-state index in [4.69, 9.17) is 0 Å². The molecule has 0 unspecified atom stereocenters. The first kappa shape index (κ1) is 19.2. The number of anilines is 2. The maximum absolute atomic E-state index is 13.5. The van der Waals surface area contributed by atoms with Crippen molar-refractivity contribution >= 4 is 41.0 Å². The molecule has 1 atom stereocenters. The van der Waals surface area contributed by atoms with Gasteiger partial charge in [0.25, 0.3) is 11.8 Å². The van der Waals surface area contributed by atoms with Crippen LogP contribution in [0, 0.1) is 0 Å². The summed E-state index contributed by atoms with van der Waals surface area (Å²) in [6.07, 6.45) is 5.48. The van der Waals surface area contributed by atoms with Gasteiger partial charge in [0.2, 0.25) is 4.87 Å². The zero-order chi connectivity index (χ0) is 21.4. The maximum Gasteiger partial charge on any atom is 0.266 e. The second kappa shape index (κ2) is 7.49. The molecule has 6 heteroatoms. The van der Waals surface area contributed by atoms with Crippen molar-refractivity contribution in [3.63, 3.8) is 0 Å². The summed E-state index contributed by atoms with van der Waals surface area (Å²) in [4.78, 5) is 27.5. The molecule has 0 bridgehead atoms. The minimum absolute atomic E-state index is 0.0925. The third kappa shape index (κ3) is 3.12. The summed E-state index contributed by atoms with van der Waals surface area (Å²) in [7, 11) is 0. The number of carbonyl (C=O) groups is 2. The minimum atomic E-state index is -1.24. The molecule has 3 aromatic carbocycles. The topological polar surface area (TPSA) is 69.6 Å². The van der Waals surface area contributed by atoms with Gasteiger partial charge in [-0.1, -0.05) is 72.4 Å². The van der Waals surface area contributed by atoms with Gasteiger partial charge in [-0.3, -0.25) is 14.5 Å². The number of nitrogens with one attached hydrogen (secondary N) is 1. The van der Waals surface area contributed by atoms with Gasteiger partial charge in [-0.15, -0.1) is 0 Å². The van der Waals surface area contributed by atoms with Gasteiger partial charge < -0.3 is 10.4 Å². The smallest absolute Gasteiger partial charge is 0.266 e. The average Bonchev–Trinajstić information content (AvgIpc) is 3.24. The van der Waals surface area contributed by atoms with E-state index in [1.54, 1.807) is 18.2 Å². The van der Waals surface area contributed by atoms with Crippen LogP contribution in [0.25, 0.3) is 6.08 Å². The first-order valence-electron chi connectivity index (χ1n) is 9.76. The summed E-state index contributed by atoms with van der Waals surface area (Å²) in [6, 6.07) is 23.5. The zero-order valence-corrected chi connectivity index (χ0v) is 17.2. The Morgan fingerprint density at radius 2 is 1.61 bits per heavy atom. The summed E-state index contributed by atoms with van der Waals surface area (Å²) >= 11 is 1.23. The van der Waals surface area contributed by atoms with E-state index in [9.17, 15) is 14.7 Å². The number of phenols is 1. The van der Waals surface area contributed by atoms with Crippen molar-refractivity contribution in [2.24, 2.45) is 0 Å². The quantitative estimate of drug-likeness (QED) is 0.586. The first-order chi connectivity index (χ1) is 15.1. The van der Waals surface area contributed by atoms with Crippen molar-refractivity contribution < 1.29 is 14.7 Å². The first-order valence-corrected chi connectivity index (χ1v) is 10.6. The lowest BCUT2D eigenvalue weighted by Gasteiger charge is -2.31. The molecule has 5 nitrogen and oxygen atoms in total. The predicted molar refractivity (Wildman–Crippen MR) is 123 cm³/mol. The van der Waals surface area contributed by atoms with Crippen molar-refractivity contribution in [1.82, 2.24) is 0 Å². The van der Waals surface area contributed by atoms with E-state index in [1.165, 1.54) is 28.8 Å². The number of rotatable bonds is 3. The third-order valence-electron chi connectivity index (χ3n) is 5.28. The Morgan fingerprint density at radius 1 is 0.903 bits per heavy atom. The highest BCUT2D eigenvalue weighted by molar-refractivity contribution is 8.06. The lowest BCUT2D eigenvalue weighted by Crippen LogP contribution is -2.47. The normalized spacial score (nSPS) is 21.3. The van der Waals surface area contributed by atoms with Gasteiger partial charge in [0.05, 0.1) is 4.91 Å². The van der Waals surface area contributed by atoms with Gasteiger partial charge in [-0.25, -0.2) is 0 Å². The summed E-state index contributed by atoms with van der Waals surface area (Å²) in [6.45, 7) is 0. The van der Waals surface area contributed by atoms with Crippen LogP contribution >= 0.6 is 11.8 Å². The highest BCUT2D eigenvalue weighted by Crippen LogP contribution is 2.57. The van der Waals surface area contributed by atoms with E-state index in [1.807, 2.05) is 66.7 Å². The van der Waals surface area contributed by atoms with Crippen LogP contribution in [0.4, 0.5) is 11.4 Å². The summed E-state index contributed by atoms with van der Waals surface area (Å²) < 4.78 is 0. The molecular weight excluding hydrogens is 408 g/mol. The largest absolute Gasteiger partial charge is 0.508 e. The molecule has 1 saturated heterocycles. The van der Waals surface area contributed by atoms with E-state index in [0.717, 1.165) is 11.1 Å². The van der Waals surface area contributed by atoms with Crippen LogP contribution in [0.1, 0.15) is 11.1 Å². The van der Waals surface area contributed by atoms with Gasteiger partial charge in [0, 0.05) is 16.9 Å². The number of amides is 2. The fourth-order valence-electron chi connectivity index (χ4n) is 3.86. The second-order valence-corrected chi connectivity index (χ2v) is 8.44. The number of nitrogens with zero attached hydrogens (tertiary/aromatic N) is 1. The van der Waals surface area contributed by atoms with E-state index in [0.29, 0.717) is 16.3 Å². The Hall–Kier alpha value is -3.77. The lowest BCUT2D eigenvalue weighted by molar-refractivity contribution is -0.121. The molecule has 0 radical (unpaired) electrons. The SMILES string of the molecule is O=C1/C(=C/C=C/c2ccccc2)S[C@@]2(C(=O)Nc3ccccc32)N1c1ccc(O)cc1. The maximum atomic E-state index is 13.5. The predicted octanol–water partition coefficient (Wildman–Crippen LogP) is 4.87. The zero-order valence-electron chi connectivity index (χ0n) is 16.4. The monoisotopic (exact) mass is 426 g/mol. The van der Waals surface area contributed by atoms with Gasteiger partial charge >= 0.3 is 0 Å². The molecule has 2 heterocycles. The number of carbonyl (C=O) groups excluding carboxylic acids is 2. The summed E-state index contributed by atoms with van der Waals surface area (Å²) in [5.41, 5.74) is 2.99. The number of thioether (sulfide) groups is 1. The molecule has 2 aliphatic heterocycles. The Morgan fingerprint density at radius 3 is 2.39 bits per heavy atom. The average molecular weight is 426 g/mol. The third-order valence-corrected chi connectivity index (χ3v) is 6.69. The molecule has 1 spiro atoms. The van der Waals surface area contributed by atoms with Crippen LogP contribution in [0.3, 0.4) is 0 Å². The number of phenolic OH excluding ortho intramolecular Hbond substituents is 1. The van der Waals surface area contributed by atoms with E-state index >= 15 is 0 Å². The fraction of sp³-hybridized carbons (Fsp3) is 0.0400. The Labute approximate surface area is 183 Å². The van der Waals surface area contributed by atoms with Crippen LogP contribution in [-0.2, 0) is 14.5 Å². The number of aromatic hydroxyl groups is 1. The van der Waals surface area contributed by atoms with Crippen LogP contribution < -0.4 is 10.2 Å². The Bertz CT molecular complexity index is 1240. The highest BCUT2D eigenvalue weighted by Gasteiger charge is 2.60. The molecule has 0 saturated carbocycles. The molecule has 5 rings (SSSR count). The molecule has 0 aromatic heterocycles. The molecule has 2 amide bonds. The molecular formula is C25H18N2O3S. The molecule has 0 aliphatic carbocycles. The molecule has 2 N–H and O–H groups in total. The number of benzene rings is 3. The van der Waals surface area contributed by atoms with Gasteiger partial charge in [-0.2, -0.15) is 0 Å². The highest BCUT2D eigenvalue weighted by atomic mass is 32.2. The minimum Gasteiger partial charge on any atom is -0.508 e. The van der Waals surface area contributed by atoms with Crippen molar-refractivity contribution in [1.29, 1.82) is 0 Å². The van der Waals surface area contributed by atoms with E-state index in [-0.39, 0.29) is 17.6 Å². The van der Waals surface area contributed by atoms with Crippen molar-refractivity contribution in [3.8, 4) is 5.75 Å². The molecule has 2 aliphatic rings. The number of para-hydroxylation sites is 1. The van der Waals surface area contributed by atoms with Crippen molar-refractivity contribution in [2.75, 3.05) is 10.2 Å².